The van der Waals surface area contributed by atoms with Crippen LogP contribution < -0.4 is 5.73 Å². The summed E-state index contributed by atoms with van der Waals surface area (Å²) in [6.07, 6.45) is 3.55. The Morgan fingerprint density at radius 1 is 1.37 bits per heavy atom. The second-order valence-electron chi connectivity index (χ2n) is 5.21. The number of nitrogens with two attached hydrogens (primary N) is 1. The maximum atomic E-state index is 11.5. The number of rotatable bonds is 3. The molecule has 1 aliphatic carbocycles. The second kappa shape index (κ2) is 6.40. The minimum atomic E-state index is -0.155. The lowest BCUT2D eigenvalue weighted by Crippen LogP contribution is -2.38. The Labute approximate surface area is 119 Å². The number of carbonyl (C=O) groups is 1. The van der Waals surface area contributed by atoms with Crippen molar-refractivity contribution in [1.82, 2.24) is 0 Å². The predicted octanol–water partition coefficient (Wildman–Crippen LogP) is 3.11. The molecule has 1 fully saturated rings. The highest BCUT2D eigenvalue weighted by atomic mass is 35.5. The first-order valence-corrected chi connectivity index (χ1v) is 7.07. The largest absolute Gasteiger partial charge is 0.469 e. The molecule has 2 N–H and O–H groups in total. The van der Waals surface area contributed by atoms with Crippen LogP contribution in [0.15, 0.2) is 24.3 Å². The minimum Gasteiger partial charge on any atom is -0.469 e. The fourth-order valence-electron chi connectivity index (χ4n) is 3.06. The molecule has 1 aromatic rings. The van der Waals surface area contributed by atoms with E-state index in [1.54, 1.807) is 0 Å². The van der Waals surface area contributed by atoms with E-state index in [-0.39, 0.29) is 23.8 Å². The zero-order valence-corrected chi connectivity index (χ0v) is 11.9. The molecule has 0 bridgehead atoms. The highest BCUT2D eigenvalue weighted by Crippen LogP contribution is 2.39. The molecule has 0 aromatic heterocycles. The van der Waals surface area contributed by atoms with Crippen LogP contribution in [0.2, 0.25) is 5.02 Å². The first-order chi connectivity index (χ1) is 9.11. The summed E-state index contributed by atoms with van der Waals surface area (Å²) in [6, 6.07) is 7.90. The van der Waals surface area contributed by atoms with Crippen molar-refractivity contribution in [2.75, 3.05) is 7.11 Å². The SMILES string of the molecule is COC(=O)CC1CCCC(N)C1c1ccc(Cl)cc1. The Morgan fingerprint density at radius 3 is 2.68 bits per heavy atom. The van der Waals surface area contributed by atoms with Crippen LogP contribution in [0.25, 0.3) is 0 Å². The lowest BCUT2D eigenvalue weighted by Gasteiger charge is -2.36. The van der Waals surface area contributed by atoms with E-state index < -0.39 is 0 Å². The van der Waals surface area contributed by atoms with Gasteiger partial charge in [-0.15, -0.1) is 0 Å². The van der Waals surface area contributed by atoms with E-state index in [4.69, 9.17) is 22.1 Å². The molecule has 104 valence electrons. The molecule has 0 amide bonds. The molecular weight excluding hydrogens is 262 g/mol. The van der Waals surface area contributed by atoms with Crippen LogP contribution >= 0.6 is 11.6 Å². The maximum Gasteiger partial charge on any atom is 0.305 e. The Hall–Kier alpha value is -1.06. The van der Waals surface area contributed by atoms with Crippen molar-refractivity contribution in [2.24, 2.45) is 11.7 Å². The van der Waals surface area contributed by atoms with Crippen molar-refractivity contribution in [3.8, 4) is 0 Å². The Bertz CT molecular complexity index is 432. The highest BCUT2D eigenvalue weighted by Gasteiger charge is 2.33. The monoisotopic (exact) mass is 281 g/mol. The lowest BCUT2D eigenvalue weighted by atomic mass is 9.71. The summed E-state index contributed by atoms with van der Waals surface area (Å²) in [4.78, 5) is 11.5. The summed E-state index contributed by atoms with van der Waals surface area (Å²) in [5, 5.41) is 0.720. The number of ether oxygens (including phenoxy) is 1. The summed E-state index contributed by atoms with van der Waals surface area (Å²) in [6.45, 7) is 0. The van der Waals surface area contributed by atoms with Crippen LogP contribution in [0, 0.1) is 5.92 Å². The van der Waals surface area contributed by atoms with Gasteiger partial charge in [0.05, 0.1) is 7.11 Å². The number of hydrogen-bond donors (Lipinski definition) is 1. The lowest BCUT2D eigenvalue weighted by molar-refractivity contribution is -0.142. The van der Waals surface area contributed by atoms with Crippen molar-refractivity contribution >= 4 is 17.6 Å². The van der Waals surface area contributed by atoms with E-state index in [0.29, 0.717) is 6.42 Å². The van der Waals surface area contributed by atoms with E-state index in [1.807, 2.05) is 24.3 Å². The molecule has 3 nitrogen and oxygen atoms in total. The van der Waals surface area contributed by atoms with Crippen LogP contribution in [0.4, 0.5) is 0 Å². The van der Waals surface area contributed by atoms with Gasteiger partial charge in [0.1, 0.15) is 0 Å². The molecule has 0 spiro atoms. The van der Waals surface area contributed by atoms with Gasteiger partial charge in [-0.2, -0.15) is 0 Å². The Kier molecular flexibility index (Phi) is 4.83. The molecule has 0 radical (unpaired) electrons. The normalized spacial score (nSPS) is 27.0. The van der Waals surface area contributed by atoms with Gasteiger partial charge in [0.2, 0.25) is 0 Å². The van der Waals surface area contributed by atoms with Crippen LogP contribution in [-0.4, -0.2) is 19.1 Å². The van der Waals surface area contributed by atoms with Gasteiger partial charge in [0.25, 0.3) is 0 Å². The summed E-state index contributed by atoms with van der Waals surface area (Å²) >= 11 is 5.92. The third-order valence-electron chi connectivity index (χ3n) is 3.99. The molecule has 1 saturated carbocycles. The number of carbonyl (C=O) groups excluding carboxylic acids is 1. The molecular formula is C15H20ClNO2. The minimum absolute atomic E-state index is 0.101. The summed E-state index contributed by atoms with van der Waals surface area (Å²) in [7, 11) is 1.43. The molecule has 1 aliphatic rings. The van der Waals surface area contributed by atoms with E-state index >= 15 is 0 Å². The van der Waals surface area contributed by atoms with Crippen LogP contribution in [0.5, 0.6) is 0 Å². The van der Waals surface area contributed by atoms with Gasteiger partial charge >= 0.3 is 5.97 Å². The molecule has 4 heteroatoms. The van der Waals surface area contributed by atoms with E-state index in [1.165, 1.54) is 12.7 Å². The number of benzene rings is 1. The average molecular weight is 282 g/mol. The second-order valence-corrected chi connectivity index (χ2v) is 5.65. The topological polar surface area (TPSA) is 52.3 Å². The molecule has 3 unspecified atom stereocenters. The first kappa shape index (κ1) is 14.4. The van der Waals surface area contributed by atoms with Gasteiger partial charge in [0.15, 0.2) is 0 Å². The Balaban J connectivity index is 2.20. The van der Waals surface area contributed by atoms with Crippen molar-refractivity contribution in [3.05, 3.63) is 34.9 Å². The highest BCUT2D eigenvalue weighted by molar-refractivity contribution is 6.30. The maximum absolute atomic E-state index is 11.5. The summed E-state index contributed by atoms with van der Waals surface area (Å²) < 4.78 is 4.79. The molecule has 2 rings (SSSR count). The van der Waals surface area contributed by atoms with Gasteiger partial charge in [-0.25, -0.2) is 0 Å². The van der Waals surface area contributed by atoms with E-state index in [0.717, 1.165) is 24.3 Å². The Morgan fingerprint density at radius 2 is 2.05 bits per heavy atom. The van der Waals surface area contributed by atoms with Crippen LogP contribution in [0.1, 0.15) is 37.2 Å². The molecule has 1 aromatic carbocycles. The van der Waals surface area contributed by atoms with Gasteiger partial charge in [0, 0.05) is 23.4 Å². The first-order valence-electron chi connectivity index (χ1n) is 6.69. The molecule has 0 heterocycles. The van der Waals surface area contributed by atoms with E-state index in [9.17, 15) is 4.79 Å². The average Bonchev–Trinajstić information content (AvgIpc) is 2.40. The van der Waals surface area contributed by atoms with Gasteiger partial charge < -0.3 is 10.5 Å². The third kappa shape index (κ3) is 3.48. The fourth-order valence-corrected chi connectivity index (χ4v) is 3.18. The fraction of sp³-hybridized carbons (Fsp3) is 0.533. The van der Waals surface area contributed by atoms with Crippen molar-refractivity contribution in [1.29, 1.82) is 0 Å². The van der Waals surface area contributed by atoms with Crippen molar-refractivity contribution < 1.29 is 9.53 Å². The zero-order valence-electron chi connectivity index (χ0n) is 11.1. The quantitative estimate of drug-likeness (QED) is 0.866. The number of hydrogen-bond acceptors (Lipinski definition) is 3. The van der Waals surface area contributed by atoms with Crippen LogP contribution in [0.3, 0.4) is 0 Å². The van der Waals surface area contributed by atoms with Gasteiger partial charge in [-0.1, -0.05) is 30.2 Å². The standard InChI is InChI=1S/C15H20ClNO2/c1-19-14(18)9-11-3-2-4-13(17)15(11)10-5-7-12(16)8-6-10/h5-8,11,13,15H,2-4,9,17H2,1H3. The molecule has 19 heavy (non-hydrogen) atoms. The van der Waals surface area contributed by atoms with E-state index in [2.05, 4.69) is 0 Å². The van der Waals surface area contributed by atoms with Gasteiger partial charge in [-0.05, 0) is 36.5 Å². The smallest absolute Gasteiger partial charge is 0.305 e. The summed E-state index contributed by atoms with van der Waals surface area (Å²) in [5.74, 6) is 0.320. The number of halogens is 1. The van der Waals surface area contributed by atoms with Gasteiger partial charge in [-0.3, -0.25) is 4.79 Å². The third-order valence-corrected chi connectivity index (χ3v) is 4.24. The van der Waals surface area contributed by atoms with Crippen molar-refractivity contribution in [2.45, 2.75) is 37.6 Å². The van der Waals surface area contributed by atoms with Crippen molar-refractivity contribution in [3.63, 3.8) is 0 Å². The summed E-state index contributed by atoms with van der Waals surface area (Å²) in [5.41, 5.74) is 7.44. The molecule has 0 aliphatic heterocycles. The molecule has 3 atom stereocenters. The zero-order chi connectivity index (χ0) is 13.8. The predicted molar refractivity (Wildman–Crippen MR) is 76.1 cm³/mol. The molecule has 0 saturated heterocycles. The number of methoxy groups -OCH3 is 1. The number of esters is 1. The van der Waals surface area contributed by atoms with Crippen LogP contribution in [-0.2, 0) is 9.53 Å².